The lowest BCUT2D eigenvalue weighted by Gasteiger charge is -2.07. The summed E-state index contributed by atoms with van der Waals surface area (Å²) in [7, 11) is 0. The second-order valence-electron chi connectivity index (χ2n) is 3.63. The predicted octanol–water partition coefficient (Wildman–Crippen LogP) is 1.63. The van der Waals surface area contributed by atoms with Gasteiger partial charge < -0.3 is 16.8 Å². The number of carbonyl (C=O) groups is 1. The van der Waals surface area contributed by atoms with E-state index in [-0.39, 0.29) is 18.0 Å². The first-order valence-electron chi connectivity index (χ1n) is 5.09. The van der Waals surface area contributed by atoms with Gasteiger partial charge in [0.15, 0.2) is 5.13 Å². The van der Waals surface area contributed by atoms with Crippen LogP contribution in [0.2, 0.25) is 0 Å². The normalized spacial score (nSPS) is 10.3. The minimum atomic E-state index is -0.461. The molecule has 1 heterocycles. The van der Waals surface area contributed by atoms with Crippen molar-refractivity contribution in [1.82, 2.24) is 4.98 Å². The lowest BCUT2D eigenvalue weighted by molar-refractivity contribution is -0.115. The quantitative estimate of drug-likeness (QED) is 0.736. The van der Waals surface area contributed by atoms with E-state index in [2.05, 4.69) is 10.3 Å². The Hall–Kier alpha value is -2.15. The van der Waals surface area contributed by atoms with Gasteiger partial charge in [-0.25, -0.2) is 9.37 Å². The van der Waals surface area contributed by atoms with Gasteiger partial charge in [0.25, 0.3) is 0 Å². The van der Waals surface area contributed by atoms with Gasteiger partial charge >= 0.3 is 0 Å². The standard InChI is InChI=1S/C11H11FN4OS/c12-6-1-2-8(13)9(3-6)16-10(17)4-7-5-18-11(14)15-7/h1-3,5H,4,13H2,(H2,14,15)(H,16,17). The highest BCUT2D eigenvalue weighted by atomic mass is 32.1. The highest BCUT2D eigenvalue weighted by Gasteiger charge is 2.09. The number of nitrogens with one attached hydrogen (secondary N) is 1. The van der Waals surface area contributed by atoms with Crippen molar-refractivity contribution in [2.75, 3.05) is 16.8 Å². The zero-order chi connectivity index (χ0) is 13.1. The summed E-state index contributed by atoms with van der Waals surface area (Å²) in [6.45, 7) is 0. The molecule has 2 rings (SSSR count). The van der Waals surface area contributed by atoms with Crippen LogP contribution in [0.15, 0.2) is 23.6 Å². The Labute approximate surface area is 107 Å². The Bertz CT molecular complexity index is 584. The van der Waals surface area contributed by atoms with Crippen molar-refractivity contribution in [2.24, 2.45) is 0 Å². The number of thiazole rings is 1. The maximum absolute atomic E-state index is 13.0. The zero-order valence-corrected chi connectivity index (χ0v) is 10.1. The van der Waals surface area contributed by atoms with Crippen LogP contribution < -0.4 is 16.8 Å². The molecular weight excluding hydrogens is 255 g/mol. The summed E-state index contributed by atoms with van der Waals surface area (Å²) in [5.74, 6) is -0.782. The predicted molar refractivity (Wildman–Crippen MR) is 69.7 cm³/mol. The molecule has 0 fully saturated rings. The number of halogens is 1. The van der Waals surface area contributed by atoms with E-state index in [9.17, 15) is 9.18 Å². The number of benzene rings is 1. The van der Waals surface area contributed by atoms with E-state index in [0.29, 0.717) is 16.5 Å². The number of nitrogens with two attached hydrogens (primary N) is 2. The molecule has 0 unspecified atom stereocenters. The SMILES string of the molecule is Nc1nc(CC(=O)Nc2cc(F)ccc2N)cs1. The van der Waals surface area contributed by atoms with Gasteiger partial charge in [-0.05, 0) is 18.2 Å². The number of amides is 1. The van der Waals surface area contributed by atoms with Crippen LogP contribution in [0.1, 0.15) is 5.69 Å². The highest BCUT2D eigenvalue weighted by molar-refractivity contribution is 7.13. The molecular formula is C11H11FN4OS. The van der Waals surface area contributed by atoms with Crippen LogP contribution in [-0.2, 0) is 11.2 Å². The minimum Gasteiger partial charge on any atom is -0.397 e. The summed E-state index contributed by atoms with van der Waals surface area (Å²) in [6, 6.07) is 3.79. The van der Waals surface area contributed by atoms with Gasteiger partial charge in [0.05, 0.1) is 23.5 Å². The number of hydrogen-bond acceptors (Lipinski definition) is 5. The Balaban J connectivity index is 2.05. The molecule has 1 amide bonds. The number of nitrogens with zero attached hydrogens (tertiary/aromatic N) is 1. The first-order valence-corrected chi connectivity index (χ1v) is 5.97. The molecule has 0 aliphatic heterocycles. The Morgan fingerprint density at radius 2 is 2.22 bits per heavy atom. The van der Waals surface area contributed by atoms with E-state index >= 15 is 0 Å². The Kier molecular flexibility index (Phi) is 3.42. The first kappa shape index (κ1) is 12.3. The molecule has 94 valence electrons. The van der Waals surface area contributed by atoms with Crippen LogP contribution in [-0.4, -0.2) is 10.9 Å². The molecule has 0 bridgehead atoms. The lowest BCUT2D eigenvalue weighted by atomic mass is 10.2. The molecule has 0 spiro atoms. The molecule has 5 N–H and O–H groups in total. The monoisotopic (exact) mass is 266 g/mol. The molecule has 0 saturated heterocycles. The van der Waals surface area contributed by atoms with Crippen molar-refractivity contribution in [1.29, 1.82) is 0 Å². The molecule has 18 heavy (non-hydrogen) atoms. The summed E-state index contributed by atoms with van der Waals surface area (Å²) in [6.07, 6.45) is 0.0731. The molecule has 0 aliphatic carbocycles. The molecule has 0 aliphatic rings. The molecule has 0 saturated carbocycles. The van der Waals surface area contributed by atoms with Crippen molar-refractivity contribution in [3.05, 3.63) is 35.1 Å². The molecule has 7 heteroatoms. The molecule has 5 nitrogen and oxygen atoms in total. The van der Waals surface area contributed by atoms with E-state index in [0.717, 1.165) is 0 Å². The van der Waals surface area contributed by atoms with Crippen molar-refractivity contribution in [2.45, 2.75) is 6.42 Å². The third kappa shape index (κ3) is 2.95. The summed E-state index contributed by atoms with van der Waals surface area (Å²) < 4.78 is 13.0. The van der Waals surface area contributed by atoms with Crippen LogP contribution in [0.25, 0.3) is 0 Å². The average Bonchev–Trinajstić information content (AvgIpc) is 2.69. The number of carbonyl (C=O) groups excluding carboxylic acids is 1. The summed E-state index contributed by atoms with van der Waals surface area (Å²) in [4.78, 5) is 15.7. The van der Waals surface area contributed by atoms with Crippen molar-refractivity contribution in [3.63, 3.8) is 0 Å². The van der Waals surface area contributed by atoms with Crippen LogP contribution in [0.3, 0.4) is 0 Å². The molecule has 1 aromatic carbocycles. The molecule has 1 aromatic heterocycles. The third-order valence-electron chi connectivity index (χ3n) is 2.20. The van der Waals surface area contributed by atoms with E-state index in [4.69, 9.17) is 11.5 Å². The fourth-order valence-electron chi connectivity index (χ4n) is 1.40. The van der Waals surface area contributed by atoms with E-state index < -0.39 is 5.82 Å². The fraction of sp³-hybridized carbons (Fsp3) is 0.0909. The van der Waals surface area contributed by atoms with Gasteiger partial charge in [0.1, 0.15) is 5.82 Å². The molecule has 0 radical (unpaired) electrons. The summed E-state index contributed by atoms with van der Waals surface area (Å²) in [5.41, 5.74) is 12.2. The Morgan fingerprint density at radius 1 is 1.44 bits per heavy atom. The van der Waals surface area contributed by atoms with Crippen molar-refractivity contribution < 1.29 is 9.18 Å². The van der Waals surface area contributed by atoms with Crippen molar-refractivity contribution in [3.8, 4) is 0 Å². The van der Waals surface area contributed by atoms with Gasteiger partial charge in [0, 0.05) is 5.38 Å². The second-order valence-corrected chi connectivity index (χ2v) is 4.52. The summed E-state index contributed by atoms with van der Waals surface area (Å²) >= 11 is 1.26. The molecule has 0 atom stereocenters. The van der Waals surface area contributed by atoms with Crippen LogP contribution in [0.5, 0.6) is 0 Å². The number of nitrogen functional groups attached to an aromatic ring is 2. The highest BCUT2D eigenvalue weighted by Crippen LogP contribution is 2.19. The lowest BCUT2D eigenvalue weighted by Crippen LogP contribution is -2.15. The van der Waals surface area contributed by atoms with E-state index in [1.54, 1.807) is 5.38 Å². The average molecular weight is 266 g/mol. The van der Waals surface area contributed by atoms with Gasteiger partial charge in [-0.15, -0.1) is 11.3 Å². The topological polar surface area (TPSA) is 94.0 Å². The van der Waals surface area contributed by atoms with Gasteiger partial charge in [0.2, 0.25) is 5.91 Å². The van der Waals surface area contributed by atoms with Crippen LogP contribution in [0, 0.1) is 5.82 Å². The number of hydrogen-bond donors (Lipinski definition) is 3. The zero-order valence-electron chi connectivity index (χ0n) is 9.31. The van der Waals surface area contributed by atoms with Crippen LogP contribution in [0.4, 0.5) is 20.9 Å². The maximum atomic E-state index is 13.0. The van der Waals surface area contributed by atoms with Crippen LogP contribution >= 0.6 is 11.3 Å². The van der Waals surface area contributed by atoms with Gasteiger partial charge in [-0.2, -0.15) is 0 Å². The number of aromatic nitrogens is 1. The Morgan fingerprint density at radius 3 is 2.89 bits per heavy atom. The second kappa shape index (κ2) is 5.01. The van der Waals surface area contributed by atoms with Gasteiger partial charge in [-0.1, -0.05) is 0 Å². The smallest absolute Gasteiger partial charge is 0.230 e. The van der Waals surface area contributed by atoms with Crippen molar-refractivity contribution >= 4 is 33.8 Å². The van der Waals surface area contributed by atoms with E-state index in [1.807, 2.05) is 0 Å². The summed E-state index contributed by atoms with van der Waals surface area (Å²) in [5, 5.41) is 4.63. The third-order valence-corrected chi connectivity index (χ3v) is 2.92. The minimum absolute atomic E-state index is 0.0731. The molecule has 2 aromatic rings. The maximum Gasteiger partial charge on any atom is 0.230 e. The first-order chi connectivity index (χ1) is 8.54. The van der Waals surface area contributed by atoms with Gasteiger partial charge in [-0.3, -0.25) is 4.79 Å². The van der Waals surface area contributed by atoms with E-state index in [1.165, 1.54) is 29.5 Å². The number of rotatable bonds is 3. The fourth-order valence-corrected chi connectivity index (χ4v) is 1.96. The largest absolute Gasteiger partial charge is 0.397 e. The number of anilines is 3.